The summed E-state index contributed by atoms with van der Waals surface area (Å²) in [5.74, 6) is 0.578. The first kappa shape index (κ1) is 21.9. The van der Waals surface area contributed by atoms with Gasteiger partial charge in [-0.15, -0.1) is 0 Å². The summed E-state index contributed by atoms with van der Waals surface area (Å²) < 4.78 is 27.4. The number of nitrogens with one attached hydrogen (secondary N) is 2. The predicted octanol–water partition coefficient (Wildman–Crippen LogP) is 3.07. The third kappa shape index (κ3) is 6.02. The Morgan fingerprint density at radius 2 is 1.70 bits per heavy atom. The van der Waals surface area contributed by atoms with Crippen LogP contribution >= 0.6 is 0 Å². The lowest BCUT2D eigenvalue weighted by molar-refractivity contribution is -0.115. The molecule has 0 aromatic heterocycles. The van der Waals surface area contributed by atoms with Crippen LogP contribution in [0.4, 0.5) is 5.69 Å². The first-order chi connectivity index (χ1) is 12.5. The second-order valence-corrected chi connectivity index (χ2v) is 10.4. The molecular formula is C20H33N3O3S. The number of hydrogen-bond acceptors (Lipinski definition) is 4. The molecule has 0 bridgehead atoms. The van der Waals surface area contributed by atoms with Crippen LogP contribution in [0.5, 0.6) is 0 Å². The van der Waals surface area contributed by atoms with Crippen molar-refractivity contribution in [3.05, 3.63) is 24.3 Å². The van der Waals surface area contributed by atoms with Crippen molar-refractivity contribution in [2.24, 2.45) is 11.8 Å². The van der Waals surface area contributed by atoms with Crippen molar-refractivity contribution in [3.63, 3.8) is 0 Å². The summed E-state index contributed by atoms with van der Waals surface area (Å²) in [6, 6.07) is 6.43. The predicted molar refractivity (Wildman–Crippen MR) is 109 cm³/mol. The van der Waals surface area contributed by atoms with Crippen molar-refractivity contribution in [1.82, 2.24) is 9.62 Å². The summed E-state index contributed by atoms with van der Waals surface area (Å²) in [6.07, 6.45) is 1.97. The van der Waals surface area contributed by atoms with E-state index >= 15 is 0 Å². The minimum absolute atomic E-state index is 0.0992. The van der Waals surface area contributed by atoms with Gasteiger partial charge in [-0.2, -0.15) is 4.31 Å². The van der Waals surface area contributed by atoms with Crippen LogP contribution in [-0.2, 0) is 14.8 Å². The maximum Gasteiger partial charge on any atom is 0.243 e. The van der Waals surface area contributed by atoms with Gasteiger partial charge in [0, 0.05) is 24.3 Å². The van der Waals surface area contributed by atoms with Gasteiger partial charge >= 0.3 is 0 Å². The molecule has 2 atom stereocenters. The van der Waals surface area contributed by atoms with E-state index < -0.39 is 10.0 Å². The number of sulfonamides is 1. The fourth-order valence-corrected chi connectivity index (χ4v) is 4.99. The molecule has 7 heteroatoms. The van der Waals surface area contributed by atoms with Gasteiger partial charge in [-0.05, 0) is 62.8 Å². The number of anilines is 1. The van der Waals surface area contributed by atoms with Crippen molar-refractivity contribution in [3.8, 4) is 0 Å². The Kier molecular flexibility index (Phi) is 7.05. The van der Waals surface area contributed by atoms with E-state index in [-0.39, 0.29) is 22.9 Å². The maximum atomic E-state index is 12.9. The highest BCUT2D eigenvalue weighted by atomic mass is 32.2. The number of carbonyl (C=O) groups excluding carboxylic acids is 1. The van der Waals surface area contributed by atoms with Gasteiger partial charge in [0.1, 0.15) is 0 Å². The van der Waals surface area contributed by atoms with Crippen LogP contribution in [0.2, 0.25) is 0 Å². The van der Waals surface area contributed by atoms with Crippen LogP contribution in [0.15, 0.2) is 29.2 Å². The highest BCUT2D eigenvalue weighted by Crippen LogP contribution is 2.27. The Hall–Kier alpha value is -1.44. The van der Waals surface area contributed by atoms with E-state index in [1.165, 1.54) is 0 Å². The van der Waals surface area contributed by atoms with Gasteiger partial charge in [-0.1, -0.05) is 20.8 Å². The average Bonchev–Trinajstić information content (AvgIpc) is 2.60. The van der Waals surface area contributed by atoms with E-state index in [2.05, 4.69) is 31.4 Å². The van der Waals surface area contributed by atoms with Gasteiger partial charge in [0.25, 0.3) is 0 Å². The molecule has 1 saturated heterocycles. The van der Waals surface area contributed by atoms with Crippen LogP contribution in [-0.4, -0.2) is 43.8 Å². The molecule has 2 rings (SSSR count). The van der Waals surface area contributed by atoms with Gasteiger partial charge in [0.15, 0.2) is 0 Å². The van der Waals surface area contributed by atoms with Gasteiger partial charge in [-0.3, -0.25) is 4.79 Å². The number of nitrogens with zero attached hydrogens (tertiary/aromatic N) is 1. The van der Waals surface area contributed by atoms with E-state index in [9.17, 15) is 13.2 Å². The Labute approximate surface area is 163 Å². The van der Waals surface area contributed by atoms with Crippen molar-refractivity contribution in [1.29, 1.82) is 0 Å². The summed E-state index contributed by atoms with van der Waals surface area (Å²) in [5, 5.41) is 6.00. The highest BCUT2D eigenvalue weighted by molar-refractivity contribution is 7.89. The van der Waals surface area contributed by atoms with Crippen LogP contribution in [0.3, 0.4) is 0 Å². The van der Waals surface area contributed by atoms with Crippen LogP contribution < -0.4 is 10.6 Å². The Bertz CT molecular complexity index is 734. The molecule has 1 heterocycles. The van der Waals surface area contributed by atoms with E-state index in [0.717, 1.165) is 12.8 Å². The fourth-order valence-electron chi connectivity index (χ4n) is 3.31. The van der Waals surface area contributed by atoms with E-state index in [0.29, 0.717) is 30.6 Å². The average molecular weight is 396 g/mol. The number of amides is 1. The van der Waals surface area contributed by atoms with E-state index in [4.69, 9.17) is 0 Å². The van der Waals surface area contributed by atoms with Gasteiger partial charge in [0.05, 0.1) is 11.4 Å². The van der Waals surface area contributed by atoms with Crippen molar-refractivity contribution in [2.75, 3.05) is 25.0 Å². The van der Waals surface area contributed by atoms with Crippen molar-refractivity contribution >= 4 is 21.6 Å². The monoisotopic (exact) mass is 395 g/mol. The molecule has 1 aromatic rings. The SMILES string of the molecule is CCC(C)(C)NCC(=O)Nc1ccc(S(=O)(=O)N2CC(C)CC(C)C2)cc1. The maximum absolute atomic E-state index is 12.9. The first-order valence-electron chi connectivity index (χ1n) is 9.68. The number of hydrogen-bond donors (Lipinski definition) is 2. The third-order valence-electron chi connectivity index (χ3n) is 5.22. The van der Waals surface area contributed by atoms with E-state index in [1.54, 1.807) is 28.6 Å². The molecular weight excluding hydrogens is 362 g/mol. The normalized spacial score (nSPS) is 21.8. The van der Waals surface area contributed by atoms with Crippen LogP contribution in [0, 0.1) is 11.8 Å². The smallest absolute Gasteiger partial charge is 0.243 e. The molecule has 6 nitrogen and oxygen atoms in total. The molecule has 1 fully saturated rings. The molecule has 1 aliphatic rings. The Morgan fingerprint density at radius 1 is 1.15 bits per heavy atom. The number of benzene rings is 1. The lowest BCUT2D eigenvalue weighted by Crippen LogP contribution is -2.43. The largest absolute Gasteiger partial charge is 0.325 e. The zero-order valence-electron chi connectivity index (χ0n) is 17.1. The Morgan fingerprint density at radius 3 is 2.22 bits per heavy atom. The molecule has 1 aromatic carbocycles. The van der Waals surface area contributed by atoms with Gasteiger partial charge in [0.2, 0.25) is 15.9 Å². The zero-order chi connectivity index (χ0) is 20.2. The highest BCUT2D eigenvalue weighted by Gasteiger charge is 2.31. The number of rotatable bonds is 7. The summed E-state index contributed by atoms with van der Waals surface area (Å²) in [5.41, 5.74) is 0.494. The second-order valence-electron chi connectivity index (χ2n) is 8.43. The number of piperidine rings is 1. The standard InChI is InChI=1S/C20H33N3O3S/c1-6-20(4,5)21-12-19(24)22-17-7-9-18(10-8-17)27(25,26)23-13-15(2)11-16(3)14-23/h7-10,15-16,21H,6,11-14H2,1-5H3,(H,22,24). The molecule has 27 heavy (non-hydrogen) atoms. The lowest BCUT2D eigenvalue weighted by atomic mass is 9.94. The summed E-state index contributed by atoms with van der Waals surface area (Å²) >= 11 is 0. The topological polar surface area (TPSA) is 78.5 Å². The molecule has 1 amide bonds. The molecule has 0 radical (unpaired) electrons. The summed E-state index contributed by atoms with van der Waals surface area (Å²) in [7, 11) is -3.50. The molecule has 0 saturated carbocycles. The summed E-state index contributed by atoms with van der Waals surface area (Å²) in [4.78, 5) is 12.3. The summed E-state index contributed by atoms with van der Waals surface area (Å²) in [6.45, 7) is 11.7. The fraction of sp³-hybridized carbons (Fsp3) is 0.650. The van der Waals surface area contributed by atoms with Crippen molar-refractivity contribution < 1.29 is 13.2 Å². The Balaban J connectivity index is 2.01. The van der Waals surface area contributed by atoms with E-state index in [1.807, 2.05) is 13.8 Å². The minimum atomic E-state index is -3.50. The minimum Gasteiger partial charge on any atom is -0.325 e. The third-order valence-corrected chi connectivity index (χ3v) is 7.07. The number of carbonyl (C=O) groups is 1. The molecule has 152 valence electrons. The second kappa shape index (κ2) is 8.71. The molecule has 1 aliphatic heterocycles. The van der Waals surface area contributed by atoms with Gasteiger partial charge in [-0.25, -0.2) is 8.42 Å². The first-order valence-corrected chi connectivity index (χ1v) is 11.1. The van der Waals surface area contributed by atoms with Crippen LogP contribution in [0.1, 0.15) is 47.5 Å². The molecule has 0 spiro atoms. The zero-order valence-corrected chi connectivity index (χ0v) is 17.9. The molecule has 2 N–H and O–H groups in total. The van der Waals surface area contributed by atoms with Crippen molar-refractivity contribution in [2.45, 2.75) is 57.9 Å². The van der Waals surface area contributed by atoms with Crippen LogP contribution in [0.25, 0.3) is 0 Å². The molecule has 2 unspecified atom stereocenters. The lowest BCUT2D eigenvalue weighted by Gasteiger charge is -2.34. The van der Waals surface area contributed by atoms with Gasteiger partial charge < -0.3 is 10.6 Å². The molecule has 0 aliphatic carbocycles. The quantitative estimate of drug-likeness (QED) is 0.744.